The van der Waals surface area contributed by atoms with Crippen LogP contribution in [0.5, 0.6) is 5.75 Å². The Balaban J connectivity index is 1.70. The summed E-state index contributed by atoms with van der Waals surface area (Å²) in [6, 6.07) is 10.1. The van der Waals surface area contributed by atoms with E-state index >= 15 is 0 Å². The molecule has 1 aromatic heterocycles. The molecule has 0 bridgehead atoms. The lowest BCUT2D eigenvalue weighted by molar-refractivity contribution is 0.216. The van der Waals surface area contributed by atoms with Gasteiger partial charge in [-0.15, -0.1) is 0 Å². The van der Waals surface area contributed by atoms with Crippen molar-refractivity contribution in [3.63, 3.8) is 0 Å². The monoisotopic (exact) mass is 364 g/mol. The van der Waals surface area contributed by atoms with Gasteiger partial charge >= 0.3 is 0 Å². The van der Waals surface area contributed by atoms with Gasteiger partial charge in [0.05, 0.1) is 23.8 Å². The molecule has 0 radical (unpaired) electrons. The molecule has 3 rings (SSSR count). The quantitative estimate of drug-likeness (QED) is 0.780. The van der Waals surface area contributed by atoms with Crippen molar-refractivity contribution in [1.82, 2.24) is 9.62 Å². The zero-order valence-corrected chi connectivity index (χ0v) is 15.2. The Morgan fingerprint density at radius 1 is 1.20 bits per heavy atom. The lowest BCUT2D eigenvalue weighted by atomic mass is 10.2. The van der Waals surface area contributed by atoms with Crippen LogP contribution < -0.4 is 9.46 Å². The summed E-state index contributed by atoms with van der Waals surface area (Å²) in [5.74, 6) is 1.45. The van der Waals surface area contributed by atoms with Crippen LogP contribution in [0.3, 0.4) is 0 Å². The van der Waals surface area contributed by atoms with Crippen molar-refractivity contribution in [3.05, 3.63) is 48.4 Å². The van der Waals surface area contributed by atoms with Crippen molar-refractivity contribution in [2.45, 2.75) is 30.7 Å². The molecule has 1 unspecified atom stereocenters. The zero-order valence-electron chi connectivity index (χ0n) is 14.3. The van der Waals surface area contributed by atoms with Gasteiger partial charge in [0.1, 0.15) is 11.5 Å². The minimum absolute atomic E-state index is 0.0880. The Morgan fingerprint density at radius 3 is 2.52 bits per heavy atom. The Morgan fingerprint density at radius 2 is 1.92 bits per heavy atom. The highest BCUT2D eigenvalue weighted by Crippen LogP contribution is 2.25. The molecule has 1 saturated heterocycles. The highest BCUT2D eigenvalue weighted by atomic mass is 32.2. The van der Waals surface area contributed by atoms with E-state index in [4.69, 9.17) is 9.15 Å². The normalized spacial score (nSPS) is 16.8. The van der Waals surface area contributed by atoms with E-state index in [-0.39, 0.29) is 17.5 Å². The van der Waals surface area contributed by atoms with Crippen LogP contribution in [0.4, 0.5) is 0 Å². The number of furan rings is 1. The smallest absolute Gasteiger partial charge is 0.240 e. The van der Waals surface area contributed by atoms with E-state index in [1.807, 2.05) is 19.1 Å². The van der Waals surface area contributed by atoms with Gasteiger partial charge in [-0.25, -0.2) is 13.1 Å². The zero-order chi connectivity index (χ0) is 17.7. The van der Waals surface area contributed by atoms with E-state index in [2.05, 4.69) is 9.62 Å². The summed E-state index contributed by atoms with van der Waals surface area (Å²) in [6.07, 6.45) is 3.88. The van der Waals surface area contributed by atoms with Crippen molar-refractivity contribution in [2.24, 2.45) is 0 Å². The fourth-order valence-electron chi connectivity index (χ4n) is 3.10. The SMILES string of the molecule is CCOc1ccc(S(=O)(=O)NCC(c2ccco2)N2CCCC2)cc1. The van der Waals surface area contributed by atoms with Gasteiger partial charge in [0.2, 0.25) is 10.0 Å². The summed E-state index contributed by atoms with van der Waals surface area (Å²) in [5, 5.41) is 0. The molecule has 136 valence electrons. The number of sulfonamides is 1. The second kappa shape index (κ2) is 8.03. The first-order valence-corrected chi connectivity index (χ1v) is 10.1. The van der Waals surface area contributed by atoms with Crippen molar-refractivity contribution >= 4 is 10.0 Å². The van der Waals surface area contributed by atoms with Crippen molar-refractivity contribution in [3.8, 4) is 5.75 Å². The van der Waals surface area contributed by atoms with Gasteiger partial charge in [-0.05, 0) is 69.3 Å². The number of nitrogens with zero attached hydrogens (tertiary/aromatic N) is 1. The fraction of sp³-hybridized carbons (Fsp3) is 0.444. The van der Waals surface area contributed by atoms with E-state index in [1.54, 1.807) is 30.5 Å². The van der Waals surface area contributed by atoms with Gasteiger partial charge in [-0.1, -0.05) is 0 Å². The molecule has 1 fully saturated rings. The average molecular weight is 364 g/mol. The van der Waals surface area contributed by atoms with Crippen LogP contribution in [-0.4, -0.2) is 39.6 Å². The first kappa shape index (κ1) is 18.0. The van der Waals surface area contributed by atoms with Gasteiger partial charge in [0, 0.05) is 6.54 Å². The minimum Gasteiger partial charge on any atom is -0.494 e. The maximum atomic E-state index is 12.6. The van der Waals surface area contributed by atoms with E-state index < -0.39 is 10.0 Å². The highest BCUT2D eigenvalue weighted by Gasteiger charge is 2.27. The molecule has 1 atom stereocenters. The number of benzene rings is 1. The van der Waals surface area contributed by atoms with E-state index in [0.717, 1.165) is 31.7 Å². The van der Waals surface area contributed by atoms with Crippen molar-refractivity contribution in [1.29, 1.82) is 0 Å². The number of ether oxygens (including phenoxy) is 1. The molecule has 25 heavy (non-hydrogen) atoms. The van der Waals surface area contributed by atoms with Crippen LogP contribution in [0.15, 0.2) is 52.0 Å². The minimum atomic E-state index is -3.58. The first-order valence-electron chi connectivity index (χ1n) is 8.60. The summed E-state index contributed by atoms with van der Waals surface area (Å²) in [7, 11) is -3.58. The fourth-order valence-corrected chi connectivity index (χ4v) is 4.14. The number of rotatable bonds is 8. The van der Waals surface area contributed by atoms with Crippen LogP contribution in [0.2, 0.25) is 0 Å². The maximum absolute atomic E-state index is 12.6. The van der Waals surface area contributed by atoms with E-state index in [9.17, 15) is 8.42 Å². The Labute approximate surface area is 148 Å². The van der Waals surface area contributed by atoms with Crippen LogP contribution >= 0.6 is 0 Å². The van der Waals surface area contributed by atoms with E-state index in [0.29, 0.717) is 12.4 Å². The molecule has 2 aromatic rings. The van der Waals surface area contributed by atoms with Gasteiger partial charge in [0.15, 0.2) is 0 Å². The Kier molecular flexibility index (Phi) is 5.78. The summed E-state index contributed by atoms with van der Waals surface area (Å²) in [6.45, 7) is 4.62. The predicted octanol–water partition coefficient (Wildman–Crippen LogP) is 2.79. The molecule has 1 N–H and O–H groups in total. The molecule has 0 saturated carbocycles. The second-order valence-corrected chi connectivity index (χ2v) is 7.80. The molecule has 6 nitrogen and oxygen atoms in total. The van der Waals surface area contributed by atoms with Gasteiger partial charge in [-0.3, -0.25) is 4.90 Å². The number of nitrogens with one attached hydrogen (secondary N) is 1. The maximum Gasteiger partial charge on any atom is 0.240 e. The second-order valence-electron chi connectivity index (χ2n) is 6.03. The molecular weight excluding hydrogens is 340 g/mol. The number of likely N-dealkylation sites (tertiary alicyclic amines) is 1. The van der Waals surface area contributed by atoms with Gasteiger partial charge in [-0.2, -0.15) is 0 Å². The third-order valence-electron chi connectivity index (χ3n) is 4.36. The first-order chi connectivity index (χ1) is 12.1. The molecule has 0 spiro atoms. The largest absolute Gasteiger partial charge is 0.494 e. The van der Waals surface area contributed by atoms with Crippen LogP contribution in [0.25, 0.3) is 0 Å². The molecular formula is C18H24N2O4S. The third kappa shape index (κ3) is 4.42. The van der Waals surface area contributed by atoms with Crippen molar-refractivity contribution < 1.29 is 17.6 Å². The lowest BCUT2D eigenvalue weighted by Gasteiger charge is -2.25. The standard InChI is InChI=1S/C18H24N2O4S/c1-2-23-15-7-9-16(10-8-15)25(21,22)19-14-17(18-6-5-13-24-18)20-11-3-4-12-20/h5-10,13,17,19H,2-4,11-12,14H2,1H3. The molecule has 1 aliphatic heterocycles. The lowest BCUT2D eigenvalue weighted by Crippen LogP contribution is -2.36. The van der Waals surface area contributed by atoms with E-state index in [1.165, 1.54) is 0 Å². The molecule has 1 aromatic carbocycles. The Bertz CT molecular complexity index is 751. The van der Waals surface area contributed by atoms with Gasteiger partial charge in [0.25, 0.3) is 0 Å². The van der Waals surface area contributed by atoms with Crippen LogP contribution in [0.1, 0.15) is 31.6 Å². The number of hydrogen-bond donors (Lipinski definition) is 1. The molecule has 7 heteroatoms. The summed E-state index contributed by atoms with van der Waals surface area (Å²) in [4.78, 5) is 2.50. The van der Waals surface area contributed by atoms with Crippen LogP contribution in [0, 0.1) is 0 Å². The number of hydrogen-bond acceptors (Lipinski definition) is 5. The topological polar surface area (TPSA) is 71.8 Å². The summed E-state index contributed by atoms with van der Waals surface area (Å²) < 4.78 is 38.8. The summed E-state index contributed by atoms with van der Waals surface area (Å²) >= 11 is 0. The van der Waals surface area contributed by atoms with Crippen molar-refractivity contribution in [2.75, 3.05) is 26.2 Å². The Hall–Kier alpha value is -1.83. The molecule has 1 aliphatic rings. The predicted molar refractivity (Wildman–Crippen MR) is 95.1 cm³/mol. The molecule has 2 heterocycles. The summed E-state index contributed by atoms with van der Waals surface area (Å²) in [5.41, 5.74) is 0. The molecule has 0 aliphatic carbocycles. The highest BCUT2D eigenvalue weighted by molar-refractivity contribution is 7.89. The van der Waals surface area contributed by atoms with Crippen LogP contribution in [-0.2, 0) is 10.0 Å². The van der Waals surface area contributed by atoms with Gasteiger partial charge < -0.3 is 9.15 Å². The molecule has 0 amide bonds. The third-order valence-corrected chi connectivity index (χ3v) is 5.80. The average Bonchev–Trinajstić information content (AvgIpc) is 3.30.